The Hall–Kier alpha value is -2.22. The summed E-state index contributed by atoms with van der Waals surface area (Å²) in [7, 11) is 0. The van der Waals surface area contributed by atoms with Gasteiger partial charge in [-0.05, 0) is 52.7 Å². The van der Waals surface area contributed by atoms with Crippen molar-refractivity contribution in [2.75, 3.05) is 13.2 Å². The van der Waals surface area contributed by atoms with Crippen molar-refractivity contribution < 1.29 is 14.7 Å². The number of hydrogen-bond donors (Lipinski definition) is 3. The fourth-order valence-electron chi connectivity index (χ4n) is 1.71. The van der Waals surface area contributed by atoms with E-state index < -0.39 is 0 Å². The third-order valence-electron chi connectivity index (χ3n) is 2.86. The molecule has 0 unspecified atom stereocenters. The van der Waals surface area contributed by atoms with E-state index in [-0.39, 0.29) is 10.9 Å². The molecule has 2 rings (SSSR count). The lowest BCUT2D eigenvalue weighted by Gasteiger charge is -2.08. The highest BCUT2D eigenvalue weighted by molar-refractivity contribution is 7.80. The fraction of sp³-hybridized carbons (Fsp3) is 0.125. The Morgan fingerprint density at radius 1 is 1.30 bits per heavy atom. The second-order valence-electron chi connectivity index (χ2n) is 4.49. The van der Waals surface area contributed by atoms with Gasteiger partial charge in [0.05, 0.1) is 6.54 Å². The number of carbonyl (C=O) groups is 1. The molecule has 0 radical (unpaired) electrons. The fourth-order valence-corrected chi connectivity index (χ4v) is 2.48. The van der Waals surface area contributed by atoms with E-state index in [9.17, 15) is 4.79 Å². The van der Waals surface area contributed by atoms with E-state index in [2.05, 4.69) is 5.32 Å². The van der Waals surface area contributed by atoms with Gasteiger partial charge in [0, 0.05) is 11.6 Å². The second kappa shape index (κ2) is 9.04. The molecule has 0 aliphatic carbocycles. The number of benzene rings is 1. The van der Waals surface area contributed by atoms with E-state index in [0.29, 0.717) is 24.5 Å². The number of thiocarbonyl (C=S) groups is 1. The number of hydrogen-bond acceptors (Lipinski definition) is 5. The van der Waals surface area contributed by atoms with Gasteiger partial charge in [-0.2, -0.15) is 11.3 Å². The zero-order valence-electron chi connectivity index (χ0n) is 12.2. The normalized spacial score (nSPS) is 10.5. The van der Waals surface area contributed by atoms with Crippen molar-refractivity contribution in [1.29, 1.82) is 0 Å². The second-order valence-corrected chi connectivity index (χ2v) is 5.68. The SMILES string of the molecule is O=C(/C=C/c1ccsc1)NCCOc1ccc(C(=S)NO)cc1. The van der Waals surface area contributed by atoms with E-state index in [0.717, 1.165) is 5.56 Å². The molecule has 0 aliphatic heterocycles. The Morgan fingerprint density at radius 3 is 2.74 bits per heavy atom. The van der Waals surface area contributed by atoms with Crippen LogP contribution in [0, 0.1) is 0 Å². The van der Waals surface area contributed by atoms with Crippen molar-refractivity contribution in [1.82, 2.24) is 10.8 Å². The third-order valence-corrected chi connectivity index (χ3v) is 3.89. The molecule has 0 aliphatic rings. The predicted octanol–water partition coefficient (Wildman–Crippen LogP) is 2.61. The van der Waals surface area contributed by atoms with Gasteiger partial charge in [-0.15, -0.1) is 0 Å². The van der Waals surface area contributed by atoms with Crippen molar-refractivity contribution in [3.8, 4) is 5.75 Å². The van der Waals surface area contributed by atoms with E-state index in [1.54, 1.807) is 41.7 Å². The molecule has 0 saturated carbocycles. The molecule has 1 aromatic carbocycles. The van der Waals surface area contributed by atoms with Crippen molar-refractivity contribution in [2.24, 2.45) is 0 Å². The standard InChI is InChI=1S/C16H16N2O3S2/c19-15(6-1-12-7-10-23-11-12)17-8-9-21-14-4-2-13(3-5-14)16(22)18-20/h1-7,10-11,20H,8-9H2,(H,17,19)(H,18,22)/b6-1+. The molecule has 0 atom stereocenters. The van der Waals surface area contributed by atoms with Crippen LogP contribution < -0.4 is 15.5 Å². The summed E-state index contributed by atoms with van der Waals surface area (Å²) in [5.41, 5.74) is 3.63. The first-order valence-corrected chi connectivity index (χ1v) is 8.19. The van der Waals surface area contributed by atoms with Crippen molar-refractivity contribution >= 4 is 40.5 Å². The average Bonchev–Trinajstić information content (AvgIpc) is 3.10. The maximum absolute atomic E-state index is 11.6. The van der Waals surface area contributed by atoms with Gasteiger partial charge >= 0.3 is 0 Å². The smallest absolute Gasteiger partial charge is 0.244 e. The lowest BCUT2D eigenvalue weighted by Crippen LogP contribution is -2.26. The Bertz CT molecular complexity index is 667. The van der Waals surface area contributed by atoms with Gasteiger partial charge < -0.3 is 10.1 Å². The van der Waals surface area contributed by atoms with Crippen molar-refractivity contribution in [3.05, 3.63) is 58.3 Å². The molecule has 0 saturated heterocycles. The number of nitrogens with one attached hydrogen (secondary N) is 2. The van der Waals surface area contributed by atoms with Crippen LogP contribution in [0.4, 0.5) is 0 Å². The summed E-state index contributed by atoms with van der Waals surface area (Å²) in [6.07, 6.45) is 3.27. The van der Waals surface area contributed by atoms with Crippen molar-refractivity contribution in [3.63, 3.8) is 0 Å². The number of hydroxylamine groups is 1. The molecule has 0 fully saturated rings. The average molecular weight is 348 g/mol. The minimum atomic E-state index is -0.158. The first-order chi connectivity index (χ1) is 11.2. The maximum Gasteiger partial charge on any atom is 0.244 e. The molecule has 2 aromatic rings. The minimum absolute atomic E-state index is 0.158. The molecule has 1 heterocycles. The summed E-state index contributed by atoms with van der Waals surface area (Å²) in [5, 5.41) is 15.4. The lowest BCUT2D eigenvalue weighted by molar-refractivity contribution is -0.116. The summed E-state index contributed by atoms with van der Waals surface area (Å²) in [6, 6.07) is 8.92. The molecular weight excluding hydrogens is 332 g/mol. The quantitative estimate of drug-likeness (QED) is 0.311. The first-order valence-electron chi connectivity index (χ1n) is 6.84. The predicted molar refractivity (Wildman–Crippen MR) is 94.9 cm³/mol. The van der Waals surface area contributed by atoms with Gasteiger partial charge in [0.1, 0.15) is 17.3 Å². The highest BCUT2D eigenvalue weighted by atomic mass is 32.1. The highest BCUT2D eigenvalue weighted by Crippen LogP contribution is 2.12. The van der Waals surface area contributed by atoms with Crippen LogP contribution in [0.5, 0.6) is 5.75 Å². The van der Waals surface area contributed by atoms with Gasteiger partial charge in [0.25, 0.3) is 0 Å². The van der Waals surface area contributed by atoms with E-state index in [4.69, 9.17) is 22.2 Å². The molecule has 5 nitrogen and oxygen atoms in total. The van der Waals surface area contributed by atoms with Crippen molar-refractivity contribution in [2.45, 2.75) is 0 Å². The van der Waals surface area contributed by atoms with Gasteiger partial charge in [-0.1, -0.05) is 12.2 Å². The highest BCUT2D eigenvalue weighted by Gasteiger charge is 2.00. The van der Waals surface area contributed by atoms with Crippen LogP contribution in [0.15, 0.2) is 47.2 Å². The molecule has 7 heteroatoms. The summed E-state index contributed by atoms with van der Waals surface area (Å²) in [6.45, 7) is 0.769. The molecule has 0 spiro atoms. The zero-order chi connectivity index (χ0) is 16.5. The lowest BCUT2D eigenvalue weighted by atomic mass is 10.2. The summed E-state index contributed by atoms with van der Waals surface area (Å²) >= 11 is 6.48. The van der Waals surface area contributed by atoms with Crippen LogP contribution in [0.2, 0.25) is 0 Å². The van der Waals surface area contributed by atoms with Crippen LogP contribution in [-0.4, -0.2) is 29.3 Å². The number of thiophene rings is 1. The van der Waals surface area contributed by atoms with Crippen LogP contribution in [0.3, 0.4) is 0 Å². The molecule has 1 aromatic heterocycles. The van der Waals surface area contributed by atoms with Gasteiger partial charge in [-0.3, -0.25) is 15.5 Å². The van der Waals surface area contributed by atoms with Crippen LogP contribution in [0.1, 0.15) is 11.1 Å². The van der Waals surface area contributed by atoms with Gasteiger partial charge in [0.15, 0.2) is 0 Å². The monoisotopic (exact) mass is 348 g/mol. The Morgan fingerprint density at radius 2 is 2.09 bits per heavy atom. The van der Waals surface area contributed by atoms with E-state index in [1.807, 2.05) is 22.3 Å². The molecular formula is C16H16N2O3S2. The molecule has 3 N–H and O–H groups in total. The van der Waals surface area contributed by atoms with E-state index in [1.165, 1.54) is 6.08 Å². The summed E-state index contributed by atoms with van der Waals surface area (Å²) < 4.78 is 5.51. The number of rotatable bonds is 7. The van der Waals surface area contributed by atoms with Crippen LogP contribution in [0.25, 0.3) is 6.08 Å². The molecule has 120 valence electrons. The van der Waals surface area contributed by atoms with E-state index >= 15 is 0 Å². The first kappa shape index (κ1) is 17.1. The third kappa shape index (κ3) is 5.82. The Labute approximate surface area is 143 Å². The summed E-state index contributed by atoms with van der Waals surface area (Å²) in [4.78, 5) is 11.9. The largest absolute Gasteiger partial charge is 0.492 e. The zero-order valence-corrected chi connectivity index (χ0v) is 13.8. The minimum Gasteiger partial charge on any atom is -0.492 e. The molecule has 1 amide bonds. The number of amides is 1. The van der Waals surface area contributed by atoms with Crippen LogP contribution in [-0.2, 0) is 4.79 Å². The topological polar surface area (TPSA) is 70.6 Å². The number of carbonyl (C=O) groups excluding carboxylic acids is 1. The van der Waals surface area contributed by atoms with Gasteiger partial charge in [0.2, 0.25) is 5.91 Å². The summed E-state index contributed by atoms with van der Waals surface area (Å²) in [5.74, 6) is 0.507. The Balaban J connectivity index is 1.68. The molecule has 23 heavy (non-hydrogen) atoms. The molecule has 0 bridgehead atoms. The van der Waals surface area contributed by atoms with Gasteiger partial charge in [-0.25, -0.2) is 0 Å². The van der Waals surface area contributed by atoms with Crippen LogP contribution >= 0.6 is 23.6 Å². The maximum atomic E-state index is 11.6. The number of ether oxygens (including phenoxy) is 1. The Kier molecular flexibility index (Phi) is 6.74.